The number of methoxy groups -OCH3 is 1. The minimum Gasteiger partial charge on any atom is -0.496 e. The Labute approximate surface area is 147 Å². The molecule has 128 valence electrons. The van der Waals surface area contributed by atoms with Gasteiger partial charge in [0.1, 0.15) is 11.5 Å². The molecule has 2 aromatic rings. The fourth-order valence-electron chi connectivity index (χ4n) is 2.38. The van der Waals surface area contributed by atoms with Crippen LogP contribution in [0.3, 0.4) is 0 Å². The van der Waals surface area contributed by atoms with Crippen LogP contribution in [0.25, 0.3) is 0 Å². The van der Waals surface area contributed by atoms with Gasteiger partial charge in [-0.15, -0.1) is 0 Å². The third kappa shape index (κ3) is 4.42. The third-order valence-electron chi connectivity index (χ3n) is 3.78. The van der Waals surface area contributed by atoms with E-state index < -0.39 is 6.10 Å². The van der Waals surface area contributed by atoms with Gasteiger partial charge in [-0.3, -0.25) is 4.79 Å². The quantitative estimate of drug-likeness (QED) is 0.847. The fraction of sp³-hybridized carbons (Fsp3) is 0.316. The standard InChI is InChI=1S/C19H22ClNO3/c1-12-11-15(9-10-17(12)20)24-14(3)19(22)21-13(2)16-7-5-6-8-18(16)23-4/h5-11,13-14H,1-4H3,(H,21,22)/t13-,14-/m1/s1. The Morgan fingerprint density at radius 2 is 1.88 bits per heavy atom. The molecule has 24 heavy (non-hydrogen) atoms. The van der Waals surface area contributed by atoms with Crippen LogP contribution in [0.2, 0.25) is 5.02 Å². The highest BCUT2D eigenvalue weighted by molar-refractivity contribution is 6.31. The zero-order chi connectivity index (χ0) is 17.7. The highest BCUT2D eigenvalue weighted by Gasteiger charge is 2.19. The Morgan fingerprint density at radius 1 is 1.17 bits per heavy atom. The summed E-state index contributed by atoms with van der Waals surface area (Å²) in [5.41, 5.74) is 1.83. The van der Waals surface area contributed by atoms with Gasteiger partial charge in [-0.1, -0.05) is 29.8 Å². The summed E-state index contributed by atoms with van der Waals surface area (Å²) in [6.45, 7) is 5.52. The molecule has 0 bridgehead atoms. The van der Waals surface area contributed by atoms with Crippen molar-refractivity contribution in [2.75, 3.05) is 7.11 Å². The maximum absolute atomic E-state index is 12.4. The number of hydrogen-bond acceptors (Lipinski definition) is 3. The van der Waals surface area contributed by atoms with E-state index >= 15 is 0 Å². The molecular formula is C19H22ClNO3. The lowest BCUT2D eigenvalue weighted by Gasteiger charge is -2.20. The van der Waals surface area contributed by atoms with Crippen molar-refractivity contribution >= 4 is 17.5 Å². The lowest BCUT2D eigenvalue weighted by molar-refractivity contribution is -0.127. The van der Waals surface area contributed by atoms with Crippen molar-refractivity contribution in [3.05, 3.63) is 58.6 Å². The molecule has 0 fully saturated rings. The highest BCUT2D eigenvalue weighted by atomic mass is 35.5. The van der Waals surface area contributed by atoms with E-state index in [2.05, 4.69) is 5.32 Å². The van der Waals surface area contributed by atoms with Gasteiger partial charge in [-0.2, -0.15) is 0 Å². The van der Waals surface area contributed by atoms with Crippen molar-refractivity contribution in [1.82, 2.24) is 5.32 Å². The molecule has 2 atom stereocenters. The number of amides is 1. The number of ether oxygens (including phenoxy) is 2. The molecule has 0 spiro atoms. The van der Waals surface area contributed by atoms with Crippen molar-refractivity contribution in [1.29, 1.82) is 0 Å². The second kappa shape index (κ2) is 8.06. The van der Waals surface area contributed by atoms with E-state index in [1.165, 1.54) is 0 Å². The average molecular weight is 348 g/mol. The number of carbonyl (C=O) groups excluding carboxylic acids is 1. The topological polar surface area (TPSA) is 47.6 Å². The molecule has 0 aliphatic rings. The van der Waals surface area contributed by atoms with Gasteiger partial charge in [-0.25, -0.2) is 0 Å². The predicted octanol–water partition coefficient (Wildman–Crippen LogP) is 4.30. The summed E-state index contributed by atoms with van der Waals surface area (Å²) < 4.78 is 11.0. The van der Waals surface area contributed by atoms with Gasteiger partial charge in [-0.05, 0) is 50.6 Å². The molecule has 4 nitrogen and oxygen atoms in total. The first kappa shape index (κ1) is 18.1. The maximum Gasteiger partial charge on any atom is 0.261 e. The minimum atomic E-state index is -0.622. The van der Waals surface area contributed by atoms with Gasteiger partial charge < -0.3 is 14.8 Å². The smallest absolute Gasteiger partial charge is 0.261 e. The second-order valence-corrected chi connectivity index (χ2v) is 6.05. The van der Waals surface area contributed by atoms with Gasteiger partial charge in [0.25, 0.3) is 5.91 Å². The summed E-state index contributed by atoms with van der Waals surface area (Å²) in [4.78, 5) is 12.4. The minimum absolute atomic E-state index is 0.188. The molecule has 0 radical (unpaired) electrons. The number of aryl methyl sites for hydroxylation is 1. The zero-order valence-electron chi connectivity index (χ0n) is 14.3. The van der Waals surface area contributed by atoms with Crippen molar-refractivity contribution in [2.24, 2.45) is 0 Å². The summed E-state index contributed by atoms with van der Waals surface area (Å²) in [5.74, 6) is 1.16. The van der Waals surface area contributed by atoms with Crippen molar-refractivity contribution < 1.29 is 14.3 Å². The molecule has 2 aromatic carbocycles. The molecule has 1 amide bonds. The molecule has 0 aromatic heterocycles. The van der Waals surface area contributed by atoms with E-state index in [0.29, 0.717) is 10.8 Å². The zero-order valence-corrected chi connectivity index (χ0v) is 15.1. The van der Waals surface area contributed by atoms with Crippen molar-refractivity contribution in [3.63, 3.8) is 0 Å². The SMILES string of the molecule is COc1ccccc1[C@@H](C)NC(=O)[C@@H](C)Oc1ccc(Cl)c(C)c1. The van der Waals surface area contributed by atoms with Gasteiger partial charge in [0.15, 0.2) is 6.10 Å². The van der Waals surface area contributed by atoms with Gasteiger partial charge >= 0.3 is 0 Å². The molecule has 0 aliphatic heterocycles. The van der Waals surface area contributed by atoms with Crippen LogP contribution in [0.5, 0.6) is 11.5 Å². The Morgan fingerprint density at radius 3 is 2.54 bits per heavy atom. The summed E-state index contributed by atoms with van der Waals surface area (Å²) in [5, 5.41) is 3.62. The largest absolute Gasteiger partial charge is 0.496 e. The van der Waals surface area contributed by atoms with Crippen LogP contribution in [0, 0.1) is 6.92 Å². The lowest BCUT2D eigenvalue weighted by atomic mass is 10.1. The van der Waals surface area contributed by atoms with Crippen molar-refractivity contribution in [2.45, 2.75) is 32.9 Å². The number of benzene rings is 2. The van der Waals surface area contributed by atoms with Crippen LogP contribution < -0.4 is 14.8 Å². The fourth-order valence-corrected chi connectivity index (χ4v) is 2.50. The first-order chi connectivity index (χ1) is 11.4. The molecule has 0 unspecified atom stereocenters. The molecule has 0 heterocycles. The van der Waals surface area contributed by atoms with Gasteiger partial charge in [0.2, 0.25) is 0 Å². The predicted molar refractivity (Wildman–Crippen MR) is 95.8 cm³/mol. The highest BCUT2D eigenvalue weighted by Crippen LogP contribution is 2.25. The summed E-state index contributed by atoms with van der Waals surface area (Å²) >= 11 is 6.00. The number of nitrogens with one attached hydrogen (secondary N) is 1. The Kier molecular flexibility index (Phi) is 6.10. The molecule has 5 heteroatoms. The molecule has 0 aliphatic carbocycles. The summed E-state index contributed by atoms with van der Waals surface area (Å²) in [6, 6.07) is 12.7. The van der Waals surface area contributed by atoms with Crippen LogP contribution >= 0.6 is 11.6 Å². The van der Waals surface area contributed by atoms with E-state index in [1.807, 2.05) is 44.2 Å². The first-order valence-corrected chi connectivity index (χ1v) is 8.16. The summed E-state index contributed by atoms with van der Waals surface area (Å²) in [6.07, 6.45) is -0.622. The number of carbonyl (C=O) groups is 1. The first-order valence-electron chi connectivity index (χ1n) is 7.78. The van der Waals surface area contributed by atoms with Gasteiger partial charge in [0, 0.05) is 10.6 Å². The van der Waals surface area contributed by atoms with E-state index in [9.17, 15) is 4.79 Å². The molecule has 0 saturated heterocycles. The van der Waals surface area contributed by atoms with Crippen LogP contribution in [-0.4, -0.2) is 19.1 Å². The number of hydrogen-bond donors (Lipinski definition) is 1. The summed E-state index contributed by atoms with van der Waals surface area (Å²) in [7, 11) is 1.61. The lowest BCUT2D eigenvalue weighted by Crippen LogP contribution is -2.37. The molecular weight excluding hydrogens is 326 g/mol. The molecule has 0 saturated carbocycles. The van der Waals surface area contributed by atoms with Crippen molar-refractivity contribution in [3.8, 4) is 11.5 Å². The number of para-hydroxylation sites is 1. The maximum atomic E-state index is 12.4. The second-order valence-electron chi connectivity index (χ2n) is 5.64. The van der Waals surface area contributed by atoms with E-state index in [1.54, 1.807) is 26.2 Å². The van der Waals surface area contributed by atoms with Crippen LogP contribution in [-0.2, 0) is 4.79 Å². The van der Waals surface area contributed by atoms with Crippen LogP contribution in [0.4, 0.5) is 0 Å². The normalized spacial score (nSPS) is 13.0. The Bertz CT molecular complexity index is 718. The number of rotatable bonds is 6. The molecule has 2 rings (SSSR count). The van der Waals surface area contributed by atoms with E-state index in [4.69, 9.17) is 21.1 Å². The Balaban J connectivity index is 2.01. The van der Waals surface area contributed by atoms with Gasteiger partial charge in [0.05, 0.1) is 13.2 Å². The van der Waals surface area contributed by atoms with Crippen LogP contribution in [0.15, 0.2) is 42.5 Å². The van der Waals surface area contributed by atoms with E-state index in [-0.39, 0.29) is 11.9 Å². The Hall–Kier alpha value is -2.20. The average Bonchev–Trinajstić information content (AvgIpc) is 2.57. The molecule has 1 N–H and O–H groups in total. The van der Waals surface area contributed by atoms with E-state index in [0.717, 1.165) is 16.9 Å². The van der Waals surface area contributed by atoms with Crippen LogP contribution in [0.1, 0.15) is 31.0 Å². The monoisotopic (exact) mass is 347 g/mol. The number of halogens is 1. The third-order valence-corrected chi connectivity index (χ3v) is 4.20.